The molecule has 0 saturated carbocycles. The van der Waals surface area contributed by atoms with Gasteiger partial charge >= 0.3 is 0 Å². The fourth-order valence-corrected chi connectivity index (χ4v) is 4.72. The number of nitrogens with one attached hydrogen (secondary N) is 2. The summed E-state index contributed by atoms with van der Waals surface area (Å²) in [6.07, 6.45) is 3.54. The number of nitro groups is 1. The molecule has 1 aliphatic heterocycles. The molecule has 0 unspecified atom stereocenters. The summed E-state index contributed by atoms with van der Waals surface area (Å²) in [6, 6.07) is 13.5. The highest BCUT2D eigenvalue weighted by Gasteiger charge is 2.18. The molecule has 0 spiro atoms. The minimum atomic E-state index is -3.97. The summed E-state index contributed by atoms with van der Waals surface area (Å²) in [5.41, 5.74) is 1.59. The van der Waals surface area contributed by atoms with Gasteiger partial charge in [-0.25, -0.2) is 13.4 Å². The van der Waals surface area contributed by atoms with Crippen molar-refractivity contribution in [2.45, 2.75) is 31.1 Å². The van der Waals surface area contributed by atoms with Gasteiger partial charge in [0.2, 0.25) is 5.95 Å². The Bertz CT molecular complexity index is 1260. The Labute approximate surface area is 191 Å². The average molecular weight is 469 g/mol. The van der Waals surface area contributed by atoms with Crippen molar-refractivity contribution in [2.24, 2.45) is 0 Å². The Morgan fingerprint density at radius 1 is 0.970 bits per heavy atom. The second-order valence-corrected chi connectivity index (χ2v) is 9.48. The zero-order valence-corrected chi connectivity index (χ0v) is 18.9. The Kier molecular flexibility index (Phi) is 6.40. The van der Waals surface area contributed by atoms with Crippen LogP contribution in [-0.2, 0) is 10.0 Å². The standard InChI is InChI=1S/C22H24N6O4S/c1-16-14-21(27-12-3-2-4-13-27)25-22(23-16)24-17-8-10-18(11-9-17)26-33(31,32)20-7-5-6-19(15-20)28(29)30/h5-11,14-15,26H,2-4,12-13H2,1H3,(H,23,24,25). The van der Waals surface area contributed by atoms with Crippen LogP contribution in [0.1, 0.15) is 25.0 Å². The maximum absolute atomic E-state index is 12.6. The van der Waals surface area contributed by atoms with Crippen LogP contribution in [0.2, 0.25) is 0 Å². The van der Waals surface area contributed by atoms with Gasteiger partial charge in [-0.3, -0.25) is 14.8 Å². The van der Waals surface area contributed by atoms with Crippen molar-refractivity contribution < 1.29 is 13.3 Å². The van der Waals surface area contributed by atoms with E-state index in [9.17, 15) is 18.5 Å². The SMILES string of the molecule is Cc1cc(N2CCCCC2)nc(Nc2ccc(NS(=O)(=O)c3cccc([N+](=O)[O-])c3)cc2)n1. The average Bonchev–Trinajstić information content (AvgIpc) is 2.80. The molecule has 172 valence electrons. The van der Waals surface area contributed by atoms with Gasteiger partial charge in [-0.05, 0) is 56.5 Å². The molecule has 0 radical (unpaired) electrons. The molecule has 0 aliphatic carbocycles. The number of benzene rings is 2. The van der Waals surface area contributed by atoms with E-state index in [-0.39, 0.29) is 10.6 Å². The molecule has 2 N–H and O–H groups in total. The van der Waals surface area contributed by atoms with Gasteiger partial charge in [-0.15, -0.1) is 0 Å². The molecule has 0 bridgehead atoms. The van der Waals surface area contributed by atoms with Crippen molar-refractivity contribution in [1.29, 1.82) is 0 Å². The normalized spacial score (nSPS) is 14.0. The number of hydrogen-bond donors (Lipinski definition) is 2. The molecular formula is C22H24N6O4S. The van der Waals surface area contributed by atoms with Crippen molar-refractivity contribution in [2.75, 3.05) is 28.0 Å². The van der Waals surface area contributed by atoms with Crippen molar-refractivity contribution in [3.05, 3.63) is 70.4 Å². The number of rotatable bonds is 7. The van der Waals surface area contributed by atoms with Crippen molar-refractivity contribution >= 4 is 38.9 Å². The van der Waals surface area contributed by atoms with Crippen LogP contribution in [0.15, 0.2) is 59.5 Å². The van der Waals surface area contributed by atoms with Gasteiger partial charge in [0.1, 0.15) is 5.82 Å². The molecule has 1 fully saturated rings. The first-order valence-corrected chi connectivity index (χ1v) is 12.0. The largest absolute Gasteiger partial charge is 0.356 e. The molecule has 0 atom stereocenters. The fraction of sp³-hybridized carbons (Fsp3) is 0.273. The van der Waals surface area contributed by atoms with E-state index in [1.54, 1.807) is 24.3 Å². The summed E-state index contributed by atoms with van der Waals surface area (Å²) in [7, 11) is -3.97. The first-order chi connectivity index (χ1) is 15.8. The summed E-state index contributed by atoms with van der Waals surface area (Å²) in [4.78, 5) is 21.5. The molecule has 2 heterocycles. The number of nitro benzene ring substituents is 1. The third kappa shape index (κ3) is 5.55. The third-order valence-corrected chi connectivity index (χ3v) is 6.63. The molecule has 0 amide bonds. The summed E-state index contributed by atoms with van der Waals surface area (Å²) in [6.45, 7) is 3.89. The maximum Gasteiger partial charge on any atom is 0.270 e. The number of hydrogen-bond acceptors (Lipinski definition) is 8. The molecular weight excluding hydrogens is 444 g/mol. The molecule has 2 aromatic carbocycles. The number of sulfonamides is 1. The topological polar surface area (TPSA) is 130 Å². The van der Waals surface area contributed by atoms with Gasteiger partial charge < -0.3 is 10.2 Å². The van der Waals surface area contributed by atoms with Crippen LogP contribution < -0.4 is 14.9 Å². The molecule has 1 aromatic heterocycles. The van der Waals surface area contributed by atoms with E-state index in [0.717, 1.165) is 43.5 Å². The second-order valence-electron chi connectivity index (χ2n) is 7.80. The van der Waals surface area contributed by atoms with E-state index in [0.29, 0.717) is 17.3 Å². The summed E-state index contributed by atoms with van der Waals surface area (Å²) < 4.78 is 27.6. The number of aromatic nitrogens is 2. The minimum absolute atomic E-state index is 0.183. The predicted molar refractivity (Wildman–Crippen MR) is 126 cm³/mol. The molecule has 3 aromatic rings. The third-order valence-electron chi connectivity index (χ3n) is 5.25. The van der Waals surface area contributed by atoms with Crippen LogP contribution >= 0.6 is 0 Å². The molecule has 4 rings (SSSR count). The zero-order chi connectivity index (χ0) is 23.4. The second kappa shape index (κ2) is 9.41. The Morgan fingerprint density at radius 3 is 2.36 bits per heavy atom. The van der Waals surface area contributed by atoms with E-state index in [1.165, 1.54) is 24.6 Å². The predicted octanol–water partition coefficient (Wildman–Crippen LogP) is 4.23. The lowest BCUT2D eigenvalue weighted by molar-refractivity contribution is -0.385. The van der Waals surface area contributed by atoms with E-state index in [4.69, 9.17) is 0 Å². The number of piperidine rings is 1. The Hall–Kier alpha value is -3.73. The summed E-state index contributed by atoms with van der Waals surface area (Å²) >= 11 is 0. The number of non-ortho nitro benzene ring substituents is 1. The Balaban J connectivity index is 1.47. The minimum Gasteiger partial charge on any atom is -0.356 e. The number of nitrogens with zero attached hydrogens (tertiary/aromatic N) is 4. The van der Waals surface area contributed by atoms with Gasteiger partial charge in [-0.1, -0.05) is 6.07 Å². The molecule has 10 nitrogen and oxygen atoms in total. The monoisotopic (exact) mass is 468 g/mol. The fourth-order valence-electron chi connectivity index (χ4n) is 3.62. The summed E-state index contributed by atoms with van der Waals surface area (Å²) in [5, 5.41) is 14.1. The Morgan fingerprint density at radius 2 is 1.67 bits per heavy atom. The molecule has 11 heteroatoms. The molecule has 33 heavy (non-hydrogen) atoms. The lowest BCUT2D eigenvalue weighted by Gasteiger charge is -2.28. The van der Waals surface area contributed by atoms with E-state index >= 15 is 0 Å². The molecule has 1 aliphatic rings. The van der Waals surface area contributed by atoms with Crippen LogP contribution in [0.3, 0.4) is 0 Å². The smallest absolute Gasteiger partial charge is 0.270 e. The highest BCUT2D eigenvalue weighted by molar-refractivity contribution is 7.92. The zero-order valence-electron chi connectivity index (χ0n) is 18.1. The summed E-state index contributed by atoms with van der Waals surface area (Å²) in [5.74, 6) is 1.37. The van der Waals surface area contributed by atoms with Gasteiger partial charge in [0.25, 0.3) is 15.7 Å². The highest BCUT2D eigenvalue weighted by atomic mass is 32.2. The van der Waals surface area contributed by atoms with Crippen LogP contribution in [-0.4, -0.2) is 36.4 Å². The number of aryl methyl sites for hydroxylation is 1. The first kappa shape index (κ1) is 22.5. The van der Waals surface area contributed by atoms with Crippen LogP contribution in [0.25, 0.3) is 0 Å². The quantitative estimate of drug-likeness (QED) is 0.389. The van der Waals surface area contributed by atoms with E-state index < -0.39 is 14.9 Å². The van der Waals surface area contributed by atoms with E-state index in [2.05, 4.69) is 24.9 Å². The first-order valence-electron chi connectivity index (χ1n) is 10.6. The lowest BCUT2D eigenvalue weighted by Crippen LogP contribution is -2.30. The van der Waals surface area contributed by atoms with Gasteiger partial charge in [0, 0.05) is 48.4 Å². The van der Waals surface area contributed by atoms with Crippen LogP contribution in [0.5, 0.6) is 0 Å². The lowest BCUT2D eigenvalue weighted by atomic mass is 10.1. The number of anilines is 4. The van der Waals surface area contributed by atoms with E-state index in [1.807, 2.05) is 13.0 Å². The van der Waals surface area contributed by atoms with Gasteiger partial charge in [-0.2, -0.15) is 4.98 Å². The van der Waals surface area contributed by atoms with Gasteiger partial charge in [0.05, 0.1) is 9.82 Å². The maximum atomic E-state index is 12.6. The van der Waals surface area contributed by atoms with Crippen molar-refractivity contribution in [1.82, 2.24) is 9.97 Å². The van der Waals surface area contributed by atoms with Gasteiger partial charge in [0.15, 0.2) is 0 Å². The highest BCUT2D eigenvalue weighted by Crippen LogP contribution is 2.24. The van der Waals surface area contributed by atoms with Crippen LogP contribution in [0.4, 0.5) is 28.8 Å². The van der Waals surface area contributed by atoms with Crippen molar-refractivity contribution in [3.63, 3.8) is 0 Å². The van der Waals surface area contributed by atoms with Crippen molar-refractivity contribution in [3.8, 4) is 0 Å². The van der Waals surface area contributed by atoms with Crippen LogP contribution in [0, 0.1) is 17.0 Å². The molecule has 1 saturated heterocycles.